The Labute approximate surface area is 153 Å². The number of benzene rings is 1. The first-order valence-corrected chi connectivity index (χ1v) is 7.62. The highest BCUT2D eigenvalue weighted by atomic mass is 79.9. The molecule has 7 nitrogen and oxygen atoms in total. The molecule has 0 saturated heterocycles. The predicted octanol–water partition coefficient (Wildman–Crippen LogP) is 2.26. The number of guanidine groups is 2. The van der Waals surface area contributed by atoms with Crippen molar-refractivity contribution in [3.05, 3.63) is 29.3 Å². The third-order valence-electron chi connectivity index (χ3n) is 3.58. The van der Waals surface area contributed by atoms with Gasteiger partial charge in [-0.3, -0.25) is 4.84 Å². The Morgan fingerprint density at radius 3 is 2.46 bits per heavy atom. The van der Waals surface area contributed by atoms with Crippen molar-refractivity contribution in [1.29, 1.82) is 0 Å². The standard InChI is InChI=1S/C16H25N5O2.BrH/c1-11-6-7-13(10-12(11)2)22-8-5-9-23-21-15(18)19-14(17)20-16(21,3)4;/h6-7,10H,5,8-9H2,1-4H3,(H4,17,18,19,20);1H. The first-order valence-electron chi connectivity index (χ1n) is 7.62. The fourth-order valence-electron chi connectivity index (χ4n) is 2.23. The van der Waals surface area contributed by atoms with Crippen LogP contribution in [0.25, 0.3) is 0 Å². The zero-order valence-electron chi connectivity index (χ0n) is 14.6. The number of aliphatic imine (C=N–C) groups is 2. The molecule has 1 heterocycles. The first kappa shape index (κ1) is 20.2. The van der Waals surface area contributed by atoms with Crippen LogP contribution in [0.5, 0.6) is 5.75 Å². The lowest BCUT2D eigenvalue weighted by Crippen LogP contribution is -2.53. The molecule has 134 valence electrons. The Kier molecular flexibility index (Phi) is 7.04. The minimum atomic E-state index is -0.676. The maximum absolute atomic E-state index is 5.84. The Hall–Kier alpha value is -1.80. The quantitative estimate of drug-likeness (QED) is 0.714. The van der Waals surface area contributed by atoms with Crippen molar-refractivity contribution in [3.63, 3.8) is 0 Å². The van der Waals surface area contributed by atoms with Crippen LogP contribution < -0.4 is 16.2 Å². The van der Waals surface area contributed by atoms with Gasteiger partial charge < -0.3 is 16.2 Å². The maximum atomic E-state index is 5.84. The summed E-state index contributed by atoms with van der Waals surface area (Å²) in [4.78, 5) is 13.8. The van der Waals surface area contributed by atoms with Gasteiger partial charge >= 0.3 is 0 Å². The van der Waals surface area contributed by atoms with Gasteiger partial charge in [-0.05, 0) is 51.0 Å². The fourth-order valence-corrected chi connectivity index (χ4v) is 2.23. The van der Waals surface area contributed by atoms with Crippen molar-refractivity contribution < 1.29 is 9.57 Å². The molecule has 0 fully saturated rings. The monoisotopic (exact) mass is 399 g/mol. The number of hydrogen-bond donors (Lipinski definition) is 2. The summed E-state index contributed by atoms with van der Waals surface area (Å²) in [6.07, 6.45) is 0.714. The van der Waals surface area contributed by atoms with Gasteiger partial charge in [0, 0.05) is 6.42 Å². The molecule has 24 heavy (non-hydrogen) atoms. The van der Waals surface area contributed by atoms with Crippen molar-refractivity contribution in [2.75, 3.05) is 13.2 Å². The normalized spacial score (nSPS) is 16.1. The number of rotatable bonds is 6. The molecular formula is C16H26BrN5O2. The lowest BCUT2D eigenvalue weighted by Gasteiger charge is -2.36. The fraction of sp³-hybridized carbons (Fsp3) is 0.500. The van der Waals surface area contributed by atoms with Gasteiger partial charge in [0.25, 0.3) is 0 Å². The largest absolute Gasteiger partial charge is 0.493 e. The molecule has 1 aromatic carbocycles. The van der Waals surface area contributed by atoms with E-state index in [0.29, 0.717) is 19.6 Å². The van der Waals surface area contributed by atoms with Crippen molar-refractivity contribution in [2.45, 2.75) is 39.8 Å². The first-order chi connectivity index (χ1) is 10.8. The van der Waals surface area contributed by atoms with Crippen molar-refractivity contribution in [3.8, 4) is 5.75 Å². The highest BCUT2D eigenvalue weighted by molar-refractivity contribution is 8.93. The Morgan fingerprint density at radius 1 is 1.12 bits per heavy atom. The maximum Gasteiger partial charge on any atom is 0.226 e. The molecule has 8 heteroatoms. The lowest BCUT2D eigenvalue weighted by molar-refractivity contribution is -0.158. The second kappa shape index (κ2) is 8.34. The van der Waals surface area contributed by atoms with Gasteiger partial charge in [-0.1, -0.05) is 6.07 Å². The van der Waals surface area contributed by atoms with Crippen LogP contribution in [-0.2, 0) is 4.84 Å². The van der Waals surface area contributed by atoms with Gasteiger partial charge in [-0.25, -0.2) is 4.99 Å². The molecule has 0 bridgehead atoms. The van der Waals surface area contributed by atoms with Gasteiger partial charge in [-0.2, -0.15) is 10.1 Å². The summed E-state index contributed by atoms with van der Waals surface area (Å²) in [5.74, 6) is 1.23. The molecule has 0 saturated carbocycles. The Balaban J connectivity index is 0.00000288. The van der Waals surface area contributed by atoms with E-state index in [-0.39, 0.29) is 28.9 Å². The summed E-state index contributed by atoms with van der Waals surface area (Å²) in [6.45, 7) is 8.85. The molecule has 1 aliphatic heterocycles. The molecule has 1 aromatic rings. The van der Waals surface area contributed by atoms with Crippen LogP contribution in [0.15, 0.2) is 28.2 Å². The van der Waals surface area contributed by atoms with Crippen LogP contribution in [0, 0.1) is 13.8 Å². The molecule has 0 radical (unpaired) electrons. The lowest BCUT2D eigenvalue weighted by atomic mass is 10.1. The zero-order chi connectivity index (χ0) is 17.0. The van der Waals surface area contributed by atoms with Gasteiger partial charge in [-0.15, -0.1) is 17.0 Å². The molecule has 0 amide bonds. The number of ether oxygens (including phenoxy) is 1. The van der Waals surface area contributed by atoms with Crippen LogP contribution in [0.1, 0.15) is 31.4 Å². The van der Waals surface area contributed by atoms with E-state index in [1.165, 1.54) is 16.2 Å². The number of hydrogen-bond acceptors (Lipinski definition) is 7. The molecular weight excluding hydrogens is 374 g/mol. The average molecular weight is 400 g/mol. The average Bonchev–Trinajstić information content (AvgIpc) is 2.44. The van der Waals surface area contributed by atoms with E-state index < -0.39 is 5.66 Å². The molecule has 4 N–H and O–H groups in total. The zero-order valence-corrected chi connectivity index (χ0v) is 16.3. The van der Waals surface area contributed by atoms with Crippen LogP contribution in [0.4, 0.5) is 0 Å². The van der Waals surface area contributed by atoms with Crippen molar-refractivity contribution in [2.24, 2.45) is 21.5 Å². The van der Waals surface area contributed by atoms with E-state index in [4.69, 9.17) is 21.0 Å². The molecule has 0 spiro atoms. The van der Waals surface area contributed by atoms with Crippen molar-refractivity contribution >= 4 is 28.9 Å². The molecule has 0 aliphatic carbocycles. The molecule has 0 atom stereocenters. The molecule has 0 aromatic heterocycles. The Bertz CT molecular complexity index is 631. The van der Waals surface area contributed by atoms with E-state index >= 15 is 0 Å². The van der Waals surface area contributed by atoms with E-state index in [1.807, 2.05) is 26.0 Å². The van der Waals surface area contributed by atoms with E-state index in [0.717, 1.165) is 5.75 Å². The van der Waals surface area contributed by atoms with Gasteiger partial charge in [0.05, 0.1) is 13.2 Å². The number of hydroxylamine groups is 2. The van der Waals surface area contributed by atoms with Crippen LogP contribution in [0.2, 0.25) is 0 Å². The minimum absolute atomic E-state index is 0. The van der Waals surface area contributed by atoms with Gasteiger partial charge in [0.15, 0.2) is 5.66 Å². The summed E-state index contributed by atoms with van der Waals surface area (Å²) in [5.41, 5.74) is 13.2. The second-order valence-corrected chi connectivity index (χ2v) is 6.01. The number of nitrogens with two attached hydrogens (primary N) is 2. The smallest absolute Gasteiger partial charge is 0.226 e. The SMILES string of the molecule is Br.Cc1ccc(OCCCON2C(N)=NC(N)=NC2(C)C)cc1C. The highest BCUT2D eigenvalue weighted by Crippen LogP contribution is 2.20. The summed E-state index contributed by atoms with van der Waals surface area (Å²) in [5, 5.41) is 1.47. The highest BCUT2D eigenvalue weighted by Gasteiger charge is 2.32. The van der Waals surface area contributed by atoms with Crippen LogP contribution in [-0.4, -0.2) is 35.9 Å². The third kappa shape index (κ3) is 5.10. The van der Waals surface area contributed by atoms with E-state index in [9.17, 15) is 0 Å². The number of halogens is 1. The summed E-state index contributed by atoms with van der Waals surface area (Å²) in [7, 11) is 0. The van der Waals surface area contributed by atoms with Gasteiger partial charge in [0.1, 0.15) is 5.75 Å². The summed E-state index contributed by atoms with van der Waals surface area (Å²) in [6, 6.07) is 6.06. The number of nitrogens with zero attached hydrogens (tertiary/aromatic N) is 3. The number of aryl methyl sites for hydroxylation is 2. The van der Waals surface area contributed by atoms with Gasteiger partial charge in [0.2, 0.25) is 11.9 Å². The summed E-state index contributed by atoms with van der Waals surface area (Å²) < 4.78 is 5.72. The van der Waals surface area contributed by atoms with Crippen molar-refractivity contribution in [1.82, 2.24) is 5.06 Å². The van der Waals surface area contributed by atoms with E-state index in [1.54, 1.807) is 0 Å². The topological polar surface area (TPSA) is 98.5 Å². The molecule has 2 rings (SSSR count). The Morgan fingerprint density at radius 2 is 1.83 bits per heavy atom. The van der Waals surface area contributed by atoms with E-state index in [2.05, 4.69) is 29.9 Å². The van der Waals surface area contributed by atoms with Crippen LogP contribution >= 0.6 is 17.0 Å². The molecule has 0 unspecified atom stereocenters. The predicted molar refractivity (Wildman–Crippen MR) is 101 cm³/mol. The second-order valence-electron chi connectivity index (χ2n) is 6.01. The summed E-state index contributed by atoms with van der Waals surface area (Å²) >= 11 is 0. The molecule has 1 aliphatic rings. The van der Waals surface area contributed by atoms with Crippen LogP contribution in [0.3, 0.4) is 0 Å². The minimum Gasteiger partial charge on any atom is -0.493 e. The third-order valence-corrected chi connectivity index (χ3v) is 3.58.